The fraction of sp³-hybridized carbons (Fsp3) is 0.400. The van der Waals surface area contributed by atoms with E-state index in [1.54, 1.807) is 7.11 Å². The monoisotopic (exact) mass is 341 g/mol. The van der Waals surface area contributed by atoms with Crippen LogP contribution in [0.25, 0.3) is 10.8 Å². The van der Waals surface area contributed by atoms with E-state index in [4.69, 9.17) is 9.84 Å². The summed E-state index contributed by atoms with van der Waals surface area (Å²) < 4.78 is 5.24. The first-order valence-corrected chi connectivity index (χ1v) is 8.58. The molecule has 0 aromatic heterocycles. The molecule has 5 heteroatoms. The van der Waals surface area contributed by atoms with Gasteiger partial charge in [0.2, 0.25) is 5.91 Å². The van der Waals surface area contributed by atoms with Gasteiger partial charge in [0.25, 0.3) is 0 Å². The molecule has 5 nitrogen and oxygen atoms in total. The second-order valence-corrected chi connectivity index (χ2v) is 6.79. The van der Waals surface area contributed by atoms with Crippen LogP contribution in [-0.2, 0) is 16.0 Å². The zero-order valence-corrected chi connectivity index (χ0v) is 14.5. The van der Waals surface area contributed by atoms with Crippen LogP contribution < -0.4 is 10.1 Å². The number of aliphatic carboxylic acids is 1. The molecule has 0 unspecified atom stereocenters. The van der Waals surface area contributed by atoms with E-state index in [0.717, 1.165) is 22.1 Å². The molecule has 1 amide bonds. The molecule has 2 N–H and O–H groups in total. The average Bonchev–Trinajstić information content (AvgIpc) is 2.52. The molecular weight excluding hydrogens is 318 g/mol. The van der Waals surface area contributed by atoms with Gasteiger partial charge in [0.1, 0.15) is 5.75 Å². The lowest BCUT2D eigenvalue weighted by Crippen LogP contribution is -2.47. The first-order chi connectivity index (χ1) is 12.0. The van der Waals surface area contributed by atoms with Crippen LogP contribution in [0.3, 0.4) is 0 Å². The van der Waals surface area contributed by atoms with Crippen molar-refractivity contribution >= 4 is 22.6 Å². The van der Waals surface area contributed by atoms with Crippen molar-refractivity contribution in [2.75, 3.05) is 7.11 Å². The molecule has 0 aliphatic heterocycles. The maximum atomic E-state index is 12.2. The van der Waals surface area contributed by atoms with E-state index in [-0.39, 0.29) is 17.9 Å². The third kappa shape index (κ3) is 3.76. The van der Waals surface area contributed by atoms with Crippen LogP contribution in [0.15, 0.2) is 36.4 Å². The Kier molecular flexibility index (Phi) is 4.93. The lowest BCUT2D eigenvalue weighted by Gasteiger charge is -2.33. The molecule has 0 saturated heterocycles. The SMILES string of the molecule is COc1ccc2cc(C[C@@H](C)NC(=O)[C@@H]3CC[C@@H]3C(=O)O)ccc2c1. The van der Waals surface area contributed by atoms with Crippen LogP contribution in [0.4, 0.5) is 0 Å². The number of hydrogen-bond acceptors (Lipinski definition) is 3. The molecular formula is C20H23NO4. The molecule has 0 radical (unpaired) electrons. The zero-order chi connectivity index (χ0) is 18.0. The molecule has 132 valence electrons. The normalized spacial score (nSPS) is 20.6. The number of rotatable bonds is 6. The van der Waals surface area contributed by atoms with Crippen LogP contribution in [0, 0.1) is 11.8 Å². The van der Waals surface area contributed by atoms with Crippen LogP contribution in [-0.4, -0.2) is 30.1 Å². The van der Waals surface area contributed by atoms with E-state index in [2.05, 4.69) is 11.4 Å². The molecule has 1 fully saturated rings. The minimum Gasteiger partial charge on any atom is -0.497 e. The van der Waals surface area contributed by atoms with Gasteiger partial charge in [-0.1, -0.05) is 24.3 Å². The van der Waals surface area contributed by atoms with E-state index >= 15 is 0 Å². The smallest absolute Gasteiger partial charge is 0.307 e. The number of hydrogen-bond donors (Lipinski definition) is 2. The predicted octanol–water partition coefficient (Wildman–Crippen LogP) is 3.01. The van der Waals surface area contributed by atoms with Crippen molar-refractivity contribution < 1.29 is 19.4 Å². The van der Waals surface area contributed by atoms with Gasteiger partial charge in [-0.05, 0) is 54.7 Å². The summed E-state index contributed by atoms with van der Waals surface area (Å²) in [4.78, 5) is 23.3. The van der Waals surface area contributed by atoms with Crippen LogP contribution in [0.1, 0.15) is 25.3 Å². The minimum atomic E-state index is -0.871. The van der Waals surface area contributed by atoms with Crippen molar-refractivity contribution in [3.8, 4) is 5.75 Å². The summed E-state index contributed by atoms with van der Waals surface area (Å²) in [6, 6.07) is 12.1. The highest BCUT2D eigenvalue weighted by Gasteiger charge is 2.41. The number of carboxylic acid groups (broad SMARTS) is 1. The minimum absolute atomic E-state index is 0.0433. The maximum Gasteiger partial charge on any atom is 0.307 e. The van der Waals surface area contributed by atoms with E-state index in [9.17, 15) is 9.59 Å². The van der Waals surface area contributed by atoms with Gasteiger partial charge in [-0.15, -0.1) is 0 Å². The van der Waals surface area contributed by atoms with Gasteiger partial charge in [-0.25, -0.2) is 0 Å². The average molecular weight is 341 g/mol. The first-order valence-electron chi connectivity index (χ1n) is 8.58. The number of amides is 1. The molecule has 25 heavy (non-hydrogen) atoms. The Morgan fingerprint density at radius 1 is 1.16 bits per heavy atom. The lowest BCUT2D eigenvalue weighted by atomic mass is 9.73. The third-order valence-corrected chi connectivity index (χ3v) is 4.97. The van der Waals surface area contributed by atoms with Crippen molar-refractivity contribution in [3.63, 3.8) is 0 Å². The summed E-state index contributed by atoms with van der Waals surface area (Å²) in [5, 5.41) is 14.3. The molecule has 1 aliphatic carbocycles. The number of nitrogens with one attached hydrogen (secondary N) is 1. The zero-order valence-electron chi connectivity index (χ0n) is 14.5. The van der Waals surface area contributed by atoms with Gasteiger partial charge in [0.05, 0.1) is 18.9 Å². The first kappa shape index (κ1) is 17.3. The van der Waals surface area contributed by atoms with Crippen molar-refractivity contribution in [1.29, 1.82) is 0 Å². The van der Waals surface area contributed by atoms with E-state index in [0.29, 0.717) is 19.3 Å². The quantitative estimate of drug-likeness (QED) is 0.847. The van der Waals surface area contributed by atoms with Crippen LogP contribution in [0.5, 0.6) is 5.75 Å². The van der Waals surface area contributed by atoms with E-state index < -0.39 is 11.9 Å². The molecule has 2 aromatic carbocycles. The summed E-state index contributed by atoms with van der Waals surface area (Å²) in [6.07, 6.45) is 1.96. The van der Waals surface area contributed by atoms with E-state index in [1.807, 2.05) is 37.3 Å². The third-order valence-electron chi connectivity index (χ3n) is 4.97. The fourth-order valence-corrected chi connectivity index (χ4v) is 3.39. The second-order valence-electron chi connectivity index (χ2n) is 6.79. The van der Waals surface area contributed by atoms with Crippen LogP contribution >= 0.6 is 0 Å². The molecule has 0 bridgehead atoms. The van der Waals surface area contributed by atoms with Crippen molar-refractivity contribution in [3.05, 3.63) is 42.0 Å². The molecule has 3 atom stereocenters. The van der Waals surface area contributed by atoms with Crippen molar-refractivity contribution in [1.82, 2.24) is 5.32 Å². The summed E-state index contributed by atoms with van der Waals surface area (Å²) in [5.41, 5.74) is 1.13. The predicted molar refractivity (Wildman–Crippen MR) is 95.7 cm³/mol. The number of ether oxygens (including phenoxy) is 1. The molecule has 0 spiro atoms. The summed E-state index contributed by atoms with van der Waals surface area (Å²) in [5.74, 6) is -1.10. The number of benzene rings is 2. The Hall–Kier alpha value is -2.56. The Morgan fingerprint density at radius 3 is 2.48 bits per heavy atom. The topological polar surface area (TPSA) is 75.6 Å². The van der Waals surface area contributed by atoms with Crippen molar-refractivity contribution in [2.45, 2.75) is 32.2 Å². The molecule has 1 saturated carbocycles. The maximum absolute atomic E-state index is 12.2. The Labute approximate surface area is 147 Å². The van der Waals surface area contributed by atoms with Gasteiger partial charge < -0.3 is 15.2 Å². The number of methoxy groups -OCH3 is 1. The van der Waals surface area contributed by atoms with Gasteiger partial charge in [0, 0.05) is 6.04 Å². The van der Waals surface area contributed by atoms with Gasteiger partial charge in [0.15, 0.2) is 0 Å². The molecule has 0 heterocycles. The second kappa shape index (κ2) is 7.13. The van der Waals surface area contributed by atoms with E-state index in [1.165, 1.54) is 0 Å². The highest BCUT2D eigenvalue weighted by Crippen LogP contribution is 2.34. The van der Waals surface area contributed by atoms with Gasteiger partial charge in [-0.3, -0.25) is 9.59 Å². The number of carbonyl (C=O) groups excluding carboxylic acids is 1. The van der Waals surface area contributed by atoms with Crippen LogP contribution in [0.2, 0.25) is 0 Å². The number of carboxylic acids is 1. The standard InChI is InChI=1S/C20H23NO4/c1-12(21-19(22)17-7-8-18(17)20(23)24)9-13-3-4-15-11-16(25-2)6-5-14(15)10-13/h3-6,10-12,17-18H,7-9H2,1-2H3,(H,21,22)(H,23,24)/t12-,17-,18+/m1/s1. The summed E-state index contributed by atoms with van der Waals surface area (Å²) in [7, 11) is 1.65. The largest absolute Gasteiger partial charge is 0.497 e. The highest BCUT2D eigenvalue weighted by atomic mass is 16.5. The van der Waals surface area contributed by atoms with Gasteiger partial charge in [-0.2, -0.15) is 0 Å². The number of carbonyl (C=O) groups is 2. The highest BCUT2D eigenvalue weighted by molar-refractivity contribution is 5.86. The summed E-state index contributed by atoms with van der Waals surface area (Å²) >= 11 is 0. The Bertz CT molecular complexity index is 801. The Balaban J connectivity index is 1.62. The Morgan fingerprint density at radius 2 is 1.84 bits per heavy atom. The molecule has 3 rings (SSSR count). The van der Waals surface area contributed by atoms with Gasteiger partial charge >= 0.3 is 5.97 Å². The molecule has 1 aliphatic rings. The lowest BCUT2D eigenvalue weighted by molar-refractivity contribution is -0.152. The van der Waals surface area contributed by atoms with Crippen molar-refractivity contribution in [2.24, 2.45) is 11.8 Å². The number of fused-ring (bicyclic) bond motifs is 1. The molecule has 2 aromatic rings. The fourth-order valence-electron chi connectivity index (χ4n) is 3.39. The summed E-state index contributed by atoms with van der Waals surface area (Å²) in [6.45, 7) is 1.95.